The molecule has 2 aromatic heterocycles. The van der Waals surface area contributed by atoms with Gasteiger partial charge in [0.25, 0.3) is 0 Å². The van der Waals surface area contributed by atoms with E-state index in [1.807, 2.05) is 36.8 Å². The fourth-order valence-electron chi connectivity index (χ4n) is 1.72. The molecule has 0 atom stereocenters. The summed E-state index contributed by atoms with van der Waals surface area (Å²) in [7, 11) is 1.73. The fourth-order valence-corrected chi connectivity index (χ4v) is 2.51. The van der Waals surface area contributed by atoms with Gasteiger partial charge in [-0.2, -0.15) is 17.0 Å². The molecule has 0 aliphatic heterocycles. The van der Waals surface area contributed by atoms with Gasteiger partial charge >= 0.3 is 0 Å². The second-order valence-corrected chi connectivity index (χ2v) is 5.05. The summed E-state index contributed by atoms with van der Waals surface area (Å²) in [5, 5.41) is 13.8. The van der Waals surface area contributed by atoms with E-state index in [9.17, 15) is 0 Å². The molecule has 0 saturated heterocycles. The third-order valence-corrected chi connectivity index (χ3v) is 3.63. The number of thioether (sulfide) groups is 1. The average molecular weight is 288 g/mol. The minimum Gasteiger partial charge on any atom is -0.359 e. The molecule has 0 radical (unpaired) electrons. The van der Waals surface area contributed by atoms with Crippen molar-refractivity contribution in [1.82, 2.24) is 20.0 Å². The van der Waals surface area contributed by atoms with Gasteiger partial charge in [-0.25, -0.2) is 4.98 Å². The maximum Gasteiger partial charge on any atom is 0.204 e. The lowest BCUT2D eigenvalue weighted by Crippen LogP contribution is -2.31. The summed E-state index contributed by atoms with van der Waals surface area (Å²) < 4.78 is 2.09. The van der Waals surface area contributed by atoms with Crippen LogP contribution in [0.5, 0.6) is 0 Å². The molecular formula is C13H16N6S. The van der Waals surface area contributed by atoms with Gasteiger partial charge in [0.2, 0.25) is 5.96 Å². The molecular weight excluding hydrogens is 272 g/mol. The molecule has 0 amide bonds. The van der Waals surface area contributed by atoms with Crippen LogP contribution < -0.4 is 10.6 Å². The molecule has 0 bridgehead atoms. The maximum atomic E-state index is 8.50. The summed E-state index contributed by atoms with van der Waals surface area (Å²) in [5.74, 6) is 2.28. The number of imidazole rings is 1. The van der Waals surface area contributed by atoms with Crippen LogP contribution in [0.25, 0.3) is 5.65 Å². The second-order valence-electron chi connectivity index (χ2n) is 3.95. The van der Waals surface area contributed by atoms with Gasteiger partial charge in [-0.3, -0.25) is 10.3 Å². The van der Waals surface area contributed by atoms with Crippen molar-refractivity contribution in [1.29, 1.82) is 5.26 Å². The van der Waals surface area contributed by atoms with Gasteiger partial charge in [0.05, 0.1) is 18.4 Å². The van der Waals surface area contributed by atoms with Gasteiger partial charge in [0, 0.05) is 24.8 Å². The van der Waals surface area contributed by atoms with Crippen molar-refractivity contribution in [3.05, 3.63) is 36.3 Å². The number of fused-ring (bicyclic) bond motifs is 1. The summed E-state index contributed by atoms with van der Waals surface area (Å²) in [6, 6.07) is 5.97. The van der Waals surface area contributed by atoms with E-state index in [1.165, 1.54) is 5.69 Å². The molecule has 0 unspecified atom stereocenters. The van der Waals surface area contributed by atoms with Gasteiger partial charge in [-0.1, -0.05) is 6.07 Å². The predicted octanol–water partition coefficient (Wildman–Crippen LogP) is 1.21. The maximum absolute atomic E-state index is 8.50. The van der Waals surface area contributed by atoms with E-state index in [-0.39, 0.29) is 0 Å². The van der Waals surface area contributed by atoms with Crippen molar-refractivity contribution >= 4 is 23.4 Å². The van der Waals surface area contributed by atoms with Crippen LogP contribution in [0.15, 0.2) is 35.6 Å². The smallest absolute Gasteiger partial charge is 0.204 e. The highest BCUT2D eigenvalue weighted by Crippen LogP contribution is 2.13. The summed E-state index contributed by atoms with van der Waals surface area (Å²) in [6.07, 6.45) is 5.77. The molecule has 0 aliphatic rings. The van der Waals surface area contributed by atoms with Crippen LogP contribution >= 0.6 is 11.8 Å². The van der Waals surface area contributed by atoms with E-state index in [0.29, 0.717) is 12.5 Å². The Labute approximate surface area is 121 Å². The largest absolute Gasteiger partial charge is 0.359 e. The number of aromatic nitrogens is 2. The Bertz CT molecular complexity index is 627. The zero-order valence-electron chi connectivity index (χ0n) is 11.2. The second kappa shape index (κ2) is 7.40. The Kier molecular flexibility index (Phi) is 5.26. The van der Waals surface area contributed by atoms with Crippen molar-refractivity contribution in [2.45, 2.75) is 5.75 Å². The van der Waals surface area contributed by atoms with Crippen molar-refractivity contribution in [2.24, 2.45) is 4.99 Å². The molecule has 0 spiro atoms. The Morgan fingerprint density at radius 1 is 1.55 bits per heavy atom. The molecule has 104 valence electrons. The highest BCUT2D eigenvalue weighted by molar-refractivity contribution is 7.98. The third kappa shape index (κ3) is 3.65. The van der Waals surface area contributed by atoms with Crippen LogP contribution in [0, 0.1) is 11.5 Å². The normalized spacial score (nSPS) is 11.3. The summed E-state index contributed by atoms with van der Waals surface area (Å²) >= 11 is 1.79. The van der Waals surface area contributed by atoms with Gasteiger partial charge in [0.1, 0.15) is 5.65 Å². The number of nitrogens with one attached hydrogen (secondary N) is 2. The Morgan fingerprint density at radius 3 is 3.25 bits per heavy atom. The summed E-state index contributed by atoms with van der Waals surface area (Å²) in [4.78, 5) is 8.59. The quantitative estimate of drug-likeness (QED) is 0.284. The van der Waals surface area contributed by atoms with Gasteiger partial charge in [-0.15, -0.1) is 0 Å². The van der Waals surface area contributed by atoms with Crippen LogP contribution in [-0.2, 0) is 5.75 Å². The van der Waals surface area contributed by atoms with Crippen molar-refractivity contribution < 1.29 is 0 Å². The van der Waals surface area contributed by atoms with Gasteiger partial charge < -0.3 is 9.72 Å². The first-order valence-corrected chi connectivity index (χ1v) is 7.36. The van der Waals surface area contributed by atoms with E-state index in [2.05, 4.69) is 25.0 Å². The molecule has 0 saturated carbocycles. The number of hydrogen-bond donors (Lipinski definition) is 2. The molecule has 20 heavy (non-hydrogen) atoms. The zero-order chi connectivity index (χ0) is 14.2. The molecule has 2 aromatic rings. The minimum atomic E-state index is 0.503. The predicted molar refractivity (Wildman–Crippen MR) is 81.5 cm³/mol. The Hall–Kier alpha value is -2.20. The average Bonchev–Trinajstić information content (AvgIpc) is 2.89. The molecule has 2 heterocycles. The Balaban J connectivity index is 1.80. The SMILES string of the molecule is CN/C(=N/CCSCc1cnc2ccccn12)NC#N. The first kappa shape index (κ1) is 14.2. The van der Waals surface area contributed by atoms with Crippen LogP contribution in [0.2, 0.25) is 0 Å². The van der Waals surface area contributed by atoms with Crippen molar-refractivity contribution in [3.8, 4) is 6.19 Å². The molecule has 2 rings (SSSR count). The van der Waals surface area contributed by atoms with E-state index >= 15 is 0 Å². The van der Waals surface area contributed by atoms with Crippen LogP contribution in [0.4, 0.5) is 0 Å². The van der Waals surface area contributed by atoms with E-state index in [0.717, 1.165) is 17.2 Å². The third-order valence-electron chi connectivity index (χ3n) is 2.66. The topological polar surface area (TPSA) is 77.5 Å². The highest BCUT2D eigenvalue weighted by Gasteiger charge is 2.01. The Morgan fingerprint density at radius 2 is 2.45 bits per heavy atom. The number of hydrogen-bond acceptors (Lipinski definition) is 4. The lowest BCUT2D eigenvalue weighted by molar-refractivity contribution is 1.01. The lowest BCUT2D eigenvalue weighted by Gasteiger charge is -2.03. The number of aliphatic imine (C=N–C) groups is 1. The number of rotatable bonds is 5. The molecule has 0 aromatic carbocycles. The zero-order valence-corrected chi connectivity index (χ0v) is 12.0. The first-order chi connectivity index (χ1) is 9.85. The van der Waals surface area contributed by atoms with E-state index in [4.69, 9.17) is 5.26 Å². The molecule has 6 nitrogen and oxygen atoms in total. The molecule has 7 heteroatoms. The standard InChI is InChI=1S/C13H16N6S/c1-15-13(18-10-14)16-5-7-20-9-11-8-17-12-4-2-3-6-19(11)12/h2-4,6,8H,5,7,9H2,1H3,(H2,15,16,18). The lowest BCUT2D eigenvalue weighted by atomic mass is 10.4. The number of guanidine groups is 1. The van der Waals surface area contributed by atoms with Crippen molar-refractivity contribution in [3.63, 3.8) is 0 Å². The number of nitrogens with zero attached hydrogens (tertiary/aromatic N) is 4. The first-order valence-electron chi connectivity index (χ1n) is 6.21. The monoisotopic (exact) mass is 288 g/mol. The highest BCUT2D eigenvalue weighted by atomic mass is 32.2. The molecule has 0 aliphatic carbocycles. The minimum absolute atomic E-state index is 0.503. The fraction of sp³-hybridized carbons (Fsp3) is 0.308. The summed E-state index contributed by atoms with van der Waals surface area (Å²) in [6.45, 7) is 0.659. The van der Waals surface area contributed by atoms with Gasteiger partial charge in [0.15, 0.2) is 6.19 Å². The van der Waals surface area contributed by atoms with Crippen LogP contribution in [-0.4, -0.2) is 34.7 Å². The van der Waals surface area contributed by atoms with Crippen LogP contribution in [0.3, 0.4) is 0 Å². The summed E-state index contributed by atoms with van der Waals surface area (Å²) in [5.41, 5.74) is 2.15. The molecule has 0 fully saturated rings. The van der Waals surface area contributed by atoms with E-state index in [1.54, 1.807) is 18.8 Å². The van der Waals surface area contributed by atoms with E-state index < -0.39 is 0 Å². The molecule has 2 N–H and O–H groups in total. The van der Waals surface area contributed by atoms with Gasteiger partial charge in [-0.05, 0) is 12.1 Å². The van der Waals surface area contributed by atoms with Crippen LogP contribution in [0.1, 0.15) is 5.69 Å². The number of pyridine rings is 1. The van der Waals surface area contributed by atoms with Crippen molar-refractivity contribution in [2.75, 3.05) is 19.3 Å². The number of nitriles is 1.